The molecule has 0 spiro atoms. The van der Waals surface area contributed by atoms with E-state index in [9.17, 15) is 4.79 Å². The smallest absolute Gasteiger partial charge is 0.309 e. The van der Waals surface area contributed by atoms with Gasteiger partial charge in [0.25, 0.3) is 0 Å². The molecule has 0 aliphatic rings. The fourth-order valence-electron chi connectivity index (χ4n) is 3.86. The van der Waals surface area contributed by atoms with Crippen LogP contribution in [0.25, 0.3) is 11.0 Å². The number of carbonyl (C=O) groups excluding carboxylic acids is 1. The Morgan fingerprint density at radius 2 is 1.61 bits per heavy atom. The van der Waals surface area contributed by atoms with E-state index in [-0.39, 0.29) is 12.4 Å². The number of ether oxygens (including phenoxy) is 1. The van der Waals surface area contributed by atoms with Crippen molar-refractivity contribution in [2.45, 2.75) is 18.8 Å². The van der Waals surface area contributed by atoms with E-state index in [1.54, 1.807) is 0 Å². The molecule has 3 aromatic carbocycles. The molecule has 1 aromatic heterocycles. The van der Waals surface area contributed by atoms with E-state index < -0.39 is 0 Å². The third-order valence-corrected chi connectivity index (χ3v) is 5.51. The van der Waals surface area contributed by atoms with Gasteiger partial charge >= 0.3 is 5.97 Å². The molecule has 0 fully saturated rings. The predicted molar refractivity (Wildman–Crippen MR) is 123 cm³/mol. The first-order valence-corrected chi connectivity index (χ1v) is 10.6. The summed E-state index contributed by atoms with van der Waals surface area (Å²) in [6.07, 6.45) is 1.06. The van der Waals surface area contributed by atoms with Gasteiger partial charge in [-0.25, -0.2) is 0 Å². The molecule has 0 aliphatic carbocycles. The van der Waals surface area contributed by atoms with Crippen molar-refractivity contribution < 1.29 is 13.9 Å². The second-order valence-electron chi connectivity index (χ2n) is 7.67. The van der Waals surface area contributed by atoms with E-state index in [0.717, 1.165) is 41.8 Å². The lowest BCUT2D eigenvalue weighted by molar-refractivity contribution is -0.139. The highest BCUT2D eigenvalue weighted by atomic mass is 16.5. The third-order valence-electron chi connectivity index (χ3n) is 5.51. The van der Waals surface area contributed by atoms with Crippen LogP contribution in [0, 0.1) is 0 Å². The molecule has 1 heterocycles. The van der Waals surface area contributed by atoms with E-state index in [1.165, 1.54) is 18.2 Å². The minimum absolute atomic E-state index is 0.248. The average Bonchev–Trinajstić information content (AvgIpc) is 3.22. The molecule has 4 rings (SSSR count). The van der Waals surface area contributed by atoms with Crippen molar-refractivity contribution in [1.82, 2.24) is 5.32 Å². The summed E-state index contributed by atoms with van der Waals surface area (Å²) in [7, 11) is 1.40. The molecule has 0 aliphatic heterocycles. The van der Waals surface area contributed by atoms with E-state index in [2.05, 4.69) is 72.0 Å². The van der Waals surface area contributed by atoms with Gasteiger partial charge in [-0.2, -0.15) is 0 Å². The highest BCUT2D eigenvalue weighted by Gasteiger charge is 2.13. The Balaban J connectivity index is 1.37. The maximum absolute atomic E-state index is 11.5. The molecule has 0 saturated heterocycles. The molecule has 31 heavy (non-hydrogen) atoms. The summed E-state index contributed by atoms with van der Waals surface area (Å²) in [5.41, 5.74) is 4.32. The van der Waals surface area contributed by atoms with E-state index in [4.69, 9.17) is 9.15 Å². The highest BCUT2D eigenvalue weighted by Crippen LogP contribution is 2.24. The Morgan fingerprint density at radius 1 is 0.935 bits per heavy atom. The van der Waals surface area contributed by atoms with Gasteiger partial charge in [0.1, 0.15) is 11.3 Å². The van der Waals surface area contributed by atoms with Crippen LogP contribution in [0.15, 0.2) is 89.3 Å². The number of carbonyl (C=O) groups is 1. The molecule has 0 amide bonds. The molecule has 4 heteroatoms. The Kier molecular flexibility index (Phi) is 6.80. The summed E-state index contributed by atoms with van der Waals surface area (Å²) in [5.74, 6) is 0.995. The van der Waals surface area contributed by atoms with Crippen LogP contribution in [0.3, 0.4) is 0 Å². The topological polar surface area (TPSA) is 51.5 Å². The normalized spacial score (nSPS) is 11.2. The van der Waals surface area contributed by atoms with Gasteiger partial charge in [-0.15, -0.1) is 0 Å². The van der Waals surface area contributed by atoms with Gasteiger partial charge in [0.05, 0.1) is 13.5 Å². The molecule has 0 bridgehead atoms. The fourth-order valence-corrected chi connectivity index (χ4v) is 3.86. The lowest BCUT2D eigenvalue weighted by atomic mass is 9.91. The quantitative estimate of drug-likeness (QED) is 0.306. The Morgan fingerprint density at radius 3 is 2.26 bits per heavy atom. The number of furan rings is 1. The van der Waals surface area contributed by atoms with Gasteiger partial charge in [0, 0.05) is 30.8 Å². The van der Waals surface area contributed by atoms with Crippen LogP contribution < -0.4 is 5.32 Å². The van der Waals surface area contributed by atoms with Crippen LogP contribution in [-0.4, -0.2) is 26.2 Å². The van der Waals surface area contributed by atoms with E-state index in [0.29, 0.717) is 5.92 Å². The summed E-state index contributed by atoms with van der Waals surface area (Å²) < 4.78 is 10.8. The molecule has 4 aromatic rings. The average molecular weight is 414 g/mol. The number of benzene rings is 3. The van der Waals surface area contributed by atoms with Crippen molar-refractivity contribution in [3.05, 3.63) is 107 Å². The molecule has 4 nitrogen and oxygen atoms in total. The minimum Gasteiger partial charge on any atom is -0.469 e. The number of hydrogen-bond donors (Lipinski definition) is 1. The van der Waals surface area contributed by atoms with Gasteiger partial charge in [-0.1, -0.05) is 72.8 Å². The zero-order chi connectivity index (χ0) is 21.5. The Labute approximate surface area is 182 Å². The maximum Gasteiger partial charge on any atom is 0.309 e. The van der Waals surface area contributed by atoms with E-state index in [1.807, 2.05) is 18.2 Å². The second kappa shape index (κ2) is 10.1. The second-order valence-corrected chi connectivity index (χ2v) is 7.67. The van der Waals surface area contributed by atoms with Gasteiger partial charge in [-0.3, -0.25) is 4.79 Å². The van der Waals surface area contributed by atoms with Crippen LogP contribution in [-0.2, 0) is 22.4 Å². The summed E-state index contributed by atoms with van der Waals surface area (Å²) in [6.45, 7) is 1.68. The number of nitrogens with one attached hydrogen (secondary N) is 1. The summed E-state index contributed by atoms with van der Waals surface area (Å²) in [5, 5.41) is 4.65. The number of rotatable bonds is 9. The summed E-state index contributed by atoms with van der Waals surface area (Å²) >= 11 is 0. The maximum atomic E-state index is 11.5. The highest BCUT2D eigenvalue weighted by molar-refractivity contribution is 5.80. The van der Waals surface area contributed by atoms with Crippen LogP contribution in [0.2, 0.25) is 0 Å². The van der Waals surface area contributed by atoms with Gasteiger partial charge < -0.3 is 14.5 Å². The lowest BCUT2D eigenvalue weighted by Crippen LogP contribution is -2.24. The molecular weight excluding hydrogens is 386 g/mol. The van der Waals surface area contributed by atoms with Crippen molar-refractivity contribution in [2.75, 3.05) is 20.2 Å². The predicted octanol–water partition coefficient (Wildman–Crippen LogP) is 5.11. The molecule has 0 unspecified atom stereocenters. The van der Waals surface area contributed by atoms with Crippen molar-refractivity contribution in [3.8, 4) is 0 Å². The Hall–Kier alpha value is -3.37. The first-order valence-electron chi connectivity index (χ1n) is 10.6. The van der Waals surface area contributed by atoms with Gasteiger partial charge in [0.2, 0.25) is 0 Å². The van der Waals surface area contributed by atoms with Crippen molar-refractivity contribution in [2.24, 2.45) is 0 Å². The van der Waals surface area contributed by atoms with Crippen molar-refractivity contribution in [1.29, 1.82) is 0 Å². The summed E-state index contributed by atoms with van der Waals surface area (Å²) in [6, 6.07) is 29.1. The zero-order valence-corrected chi connectivity index (χ0v) is 17.7. The number of methoxy groups -OCH3 is 1. The van der Waals surface area contributed by atoms with Gasteiger partial charge in [-0.05, 0) is 28.8 Å². The van der Waals surface area contributed by atoms with Gasteiger partial charge in [0.15, 0.2) is 0 Å². The molecular formula is C27H27NO3. The zero-order valence-electron chi connectivity index (χ0n) is 17.7. The molecule has 0 atom stereocenters. The number of fused-ring (bicyclic) bond motifs is 1. The first kappa shape index (κ1) is 20.9. The summed E-state index contributed by atoms with van der Waals surface area (Å²) in [4.78, 5) is 11.5. The lowest BCUT2D eigenvalue weighted by Gasteiger charge is -2.18. The molecule has 0 radical (unpaired) electrons. The van der Waals surface area contributed by atoms with Crippen LogP contribution in [0.5, 0.6) is 0 Å². The Bertz CT molecular complexity index is 1080. The SMILES string of the molecule is COC(=O)Cc1ccc2cc(CCNCC(c3ccccc3)c3ccccc3)oc2c1. The standard InChI is InChI=1S/C27H27NO3/c1-30-27(29)17-20-12-13-23-18-24(31-26(23)16-20)14-15-28-19-25(21-8-4-2-5-9-21)22-10-6-3-7-11-22/h2-13,16,18,25,28H,14-15,17,19H2,1H3. The van der Waals surface area contributed by atoms with Crippen LogP contribution >= 0.6 is 0 Å². The van der Waals surface area contributed by atoms with Crippen LogP contribution in [0.4, 0.5) is 0 Å². The first-order chi connectivity index (χ1) is 15.2. The largest absolute Gasteiger partial charge is 0.469 e. The van der Waals surface area contributed by atoms with Crippen LogP contribution in [0.1, 0.15) is 28.4 Å². The number of hydrogen-bond acceptors (Lipinski definition) is 4. The molecule has 1 N–H and O–H groups in total. The third kappa shape index (κ3) is 5.41. The van der Waals surface area contributed by atoms with Crippen molar-refractivity contribution in [3.63, 3.8) is 0 Å². The molecule has 158 valence electrons. The monoisotopic (exact) mass is 413 g/mol. The molecule has 0 saturated carbocycles. The fraction of sp³-hybridized carbons (Fsp3) is 0.222. The minimum atomic E-state index is -0.248. The van der Waals surface area contributed by atoms with E-state index >= 15 is 0 Å². The van der Waals surface area contributed by atoms with Crippen molar-refractivity contribution >= 4 is 16.9 Å². The number of esters is 1.